The van der Waals surface area contributed by atoms with Crippen LogP contribution in [0.15, 0.2) is 0 Å². The standard InChI is InChI=1S/C10H19F3N2O/c1-9(5-3-7-16-9)8(15-14)4-2-6-10(11,12)13/h8,15H,2-7,14H2,1H3. The highest BCUT2D eigenvalue weighted by Gasteiger charge is 2.38. The zero-order valence-corrected chi connectivity index (χ0v) is 9.44. The fourth-order valence-corrected chi connectivity index (χ4v) is 2.15. The molecular weight excluding hydrogens is 221 g/mol. The molecule has 2 atom stereocenters. The summed E-state index contributed by atoms with van der Waals surface area (Å²) >= 11 is 0. The van der Waals surface area contributed by atoms with E-state index in [2.05, 4.69) is 5.43 Å². The molecule has 0 amide bonds. The molecule has 0 aliphatic carbocycles. The van der Waals surface area contributed by atoms with E-state index >= 15 is 0 Å². The van der Waals surface area contributed by atoms with E-state index in [1.54, 1.807) is 0 Å². The molecule has 3 N–H and O–H groups in total. The topological polar surface area (TPSA) is 47.3 Å². The number of ether oxygens (including phenoxy) is 1. The van der Waals surface area contributed by atoms with E-state index < -0.39 is 18.2 Å². The number of halogens is 3. The van der Waals surface area contributed by atoms with Crippen LogP contribution in [0.5, 0.6) is 0 Å². The molecular formula is C10H19F3N2O. The van der Waals surface area contributed by atoms with Crippen LogP contribution in [0.4, 0.5) is 13.2 Å². The lowest BCUT2D eigenvalue weighted by atomic mass is 9.90. The number of rotatable bonds is 5. The molecule has 0 bridgehead atoms. The molecule has 1 fully saturated rings. The predicted octanol–water partition coefficient (Wildman–Crippen LogP) is 2.12. The minimum atomic E-state index is -4.09. The Balaban J connectivity index is 2.37. The number of hydrogen-bond donors (Lipinski definition) is 2. The van der Waals surface area contributed by atoms with E-state index in [-0.39, 0.29) is 12.5 Å². The molecule has 1 rings (SSSR count). The van der Waals surface area contributed by atoms with Gasteiger partial charge in [-0.2, -0.15) is 13.2 Å². The third kappa shape index (κ3) is 3.92. The summed E-state index contributed by atoms with van der Waals surface area (Å²) in [6.45, 7) is 2.56. The molecule has 3 nitrogen and oxygen atoms in total. The molecule has 0 aromatic rings. The quantitative estimate of drug-likeness (QED) is 0.571. The third-order valence-corrected chi connectivity index (χ3v) is 3.14. The van der Waals surface area contributed by atoms with Crippen molar-refractivity contribution in [2.24, 2.45) is 5.84 Å². The van der Waals surface area contributed by atoms with Gasteiger partial charge in [-0.1, -0.05) is 0 Å². The summed E-state index contributed by atoms with van der Waals surface area (Å²) in [4.78, 5) is 0. The summed E-state index contributed by atoms with van der Waals surface area (Å²) in [5.41, 5.74) is 2.16. The van der Waals surface area contributed by atoms with Crippen LogP contribution >= 0.6 is 0 Å². The van der Waals surface area contributed by atoms with Crippen molar-refractivity contribution in [1.82, 2.24) is 5.43 Å². The Bertz CT molecular complexity index is 215. The second kappa shape index (κ2) is 5.33. The average molecular weight is 240 g/mol. The average Bonchev–Trinajstić information content (AvgIpc) is 2.59. The van der Waals surface area contributed by atoms with E-state index in [1.165, 1.54) is 0 Å². The Morgan fingerprint density at radius 1 is 1.50 bits per heavy atom. The van der Waals surface area contributed by atoms with Crippen LogP contribution in [0.3, 0.4) is 0 Å². The summed E-state index contributed by atoms with van der Waals surface area (Å²) in [6.07, 6.45) is -2.61. The number of hydrazine groups is 1. The first-order valence-electron chi connectivity index (χ1n) is 5.54. The molecule has 2 unspecified atom stereocenters. The van der Waals surface area contributed by atoms with Crippen molar-refractivity contribution in [1.29, 1.82) is 0 Å². The molecule has 16 heavy (non-hydrogen) atoms. The highest BCUT2D eigenvalue weighted by atomic mass is 19.4. The molecule has 1 heterocycles. The number of hydrogen-bond acceptors (Lipinski definition) is 3. The summed E-state index contributed by atoms with van der Waals surface area (Å²) in [6, 6.07) is -0.211. The van der Waals surface area contributed by atoms with Gasteiger partial charge in [0.1, 0.15) is 0 Å². The van der Waals surface area contributed by atoms with Gasteiger partial charge in [-0.15, -0.1) is 0 Å². The van der Waals surface area contributed by atoms with Gasteiger partial charge >= 0.3 is 6.18 Å². The van der Waals surface area contributed by atoms with Gasteiger partial charge in [-0.3, -0.25) is 11.3 Å². The largest absolute Gasteiger partial charge is 0.389 e. The van der Waals surface area contributed by atoms with Crippen molar-refractivity contribution in [3.63, 3.8) is 0 Å². The van der Waals surface area contributed by atoms with Gasteiger partial charge in [0.2, 0.25) is 0 Å². The highest BCUT2D eigenvalue weighted by molar-refractivity contribution is 4.91. The van der Waals surface area contributed by atoms with Gasteiger partial charge < -0.3 is 4.74 Å². The Morgan fingerprint density at radius 3 is 2.62 bits per heavy atom. The minimum Gasteiger partial charge on any atom is -0.374 e. The van der Waals surface area contributed by atoms with Crippen molar-refractivity contribution >= 4 is 0 Å². The smallest absolute Gasteiger partial charge is 0.374 e. The van der Waals surface area contributed by atoms with Gasteiger partial charge in [-0.05, 0) is 32.6 Å². The summed E-state index contributed by atoms with van der Waals surface area (Å²) < 4.78 is 41.6. The molecule has 0 aromatic heterocycles. The summed E-state index contributed by atoms with van der Waals surface area (Å²) in [5, 5.41) is 0. The van der Waals surface area contributed by atoms with Crippen molar-refractivity contribution < 1.29 is 17.9 Å². The van der Waals surface area contributed by atoms with Gasteiger partial charge in [0.05, 0.1) is 5.60 Å². The van der Waals surface area contributed by atoms with Crippen LogP contribution in [0.2, 0.25) is 0 Å². The van der Waals surface area contributed by atoms with Crippen LogP contribution in [-0.4, -0.2) is 24.4 Å². The van der Waals surface area contributed by atoms with Gasteiger partial charge in [-0.25, -0.2) is 0 Å². The lowest BCUT2D eigenvalue weighted by Crippen LogP contribution is -2.51. The molecule has 0 spiro atoms. The highest BCUT2D eigenvalue weighted by Crippen LogP contribution is 2.31. The van der Waals surface area contributed by atoms with Gasteiger partial charge in [0.15, 0.2) is 0 Å². The Kier molecular flexibility index (Phi) is 4.58. The number of nitrogens with two attached hydrogens (primary N) is 1. The minimum absolute atomic E-state index is 0.0807. The fraction of sp³-hybridized carbons (Fsp3) is 1.00. The van der Waals surface area contributed by atoms with Crippen LogP contribution in [0.1, 0.15) is 39.0 Å². The summed E-state index contributed by atoms with van der Waals surface area (Å²) in [7, 11) is 0. The fourth-order valence-electron chi connectivity index (χ4n) is 2.15. The van der Waals surface area contributed by atoms with Crippen molar-refractivity contribution in [2.75, 3.05) is 6.61 Å². The van der Waals surface area contributed by atoms with Crippen molar-refractivity contribution in [3.05, 3.63) is 0 Å². The zero-order chi connectivity index (χ0) is 12.2. The van der Waals surface area contributed by atoms with E-state index in [0.717, 1.165) is 12.8 Å². The molecule has 1 aliphatic heterocycles. The van der Waals surface area contributed by atoms with Crippen molar-refractivity contribution in [2.45, 2.75) is 56.8 Å². The van der Waals surface area contributed by atoms with Crippen molar-refractivity contribution in [3.8, 4) is 0 Å². The molecule has 1 aliphatic rings. The summed E-state index contributed by atoms with van der Waals surface area (Å²) in [5.74, 6) is 5.38. The lowest BCUT2D eigenvalue weighted by molar-refractivity contribution is -0.136. The maximum Gasteiger partial charge on any atom is 0.389 e. The predicted molar refractivity (Wildman–Crippen MR) is 54.6 cm³/mol. The van der Waals surface area contributed by atoms with Crippen LogP contribution in [0.25, 0.3) is 0 Å². The van der Waals surface area contributed by atoms with E-state index in [9.17, 15) is 13.2 Å². The van der Waals surface area contributed by atoms with Crippen LogP contribution in [0, 0.1) is 0 Å². The van der Waals surface area contributed by atoms with E-state index in [1.807, 2.05) is 6.92 Å². The lowest BCUT2D eigenvalue weighted by Gasteiger charge is -2.32. The Labute approximate surface area is 93.5 Å². The first-order valence-corrected chi connectivity index (χ1v) is 5.54. The maximum atomic E-state index is 12.0. The molecule has 96 valence electrons. The second-order valence-corrected chi connectivity index (χ2v) is 4.49. The normalized spacial score (nSPS) is 28.3. The van der Waals surface area contributed by atoms with Crippen LogP contribution < -0.4 is 11.3 Å². The maximum absolute atomic E-state index is 12.0. The molecule has 6 heteroatoms. The van der Waals surface area contributed by atoms with Gasteiger partial charge in [0, 0.05) is 19.1 Å². The van der Waals surface area contributed by atoms with E-state index in [4.69, 9.17) is 10.6 Å². The third-order valence-electron chi connectivity index (χ3n) is 3.14. The first kappa shape index (κ1) is 13.7. The SMILES string of the molecule is CC1(C(CCCC(F)(F)F)NN)CCCO1. The Morgan fingerprint density at radius 2 is 2.19 bits per heavy atom. The second-order valence-electron chi connectivity index (χ2n) is 4.49. The number of alkyl halides is 3. The number of nitrogens with one attached hydrogen (secondary N) is 1. The van der Waals surface area contributed by atoms with Gasteiger partial charge in [0.25, 0.3) is 0 Å². The Hall–Kier alpha value is -0.330. The monoisotopic (exact) mass is 240 g/mol. The molecule has 0 aromatic carbocycles. The molecule has 0 radical (unpaired) electrons. The molecule has 0 saturated carbocycles. The molecule has 1 saturated heterocycles. The zero-order valence-electron chi connectivity index (χ0n) is 9.44. The van der Waals surface area contributed by atoms with E-state index in [0.29, 0.717) is 13.0 Å². The van der Waals surface area contributed by atoms with Crippen LogP contribution in [-0.2, 0) is 4.74 Å². The first-order chi connectivity index (χ1) is 7.37.